The van der Waals surface area contributed by atoms with E-state index in [1.807, 2.05) is 24.4 Å². The van der Waals surface area contributed by atoms with Gasteiger partial charge in [-0.1, -0.05) is 43.2 Å². The molecule has 3 rings (SSSR count). The minimum Gasteiger partial charge on any atom is -0.441 e. The van der Waals surface area contributed by atoms with Gasteiger partial charge in [-0.25, -0.2) is 4.98 Å². The van der Waals surface area contributed by atoms with Gasteiger partial charge < -0.3 is 4.42 Å². The largest absolute Gasteiger partial charge is 0.441 e. The van der Waals surface area contributed by atoms with Gasteiger partial charge in [0.2, 0.25) is 0 Å². The molecule has 1 aromatic heterocycles. The Labute approximate surface area is 102 Å². The van der Waals surface area contributed by atoms with Crippen LogP contribution >= 0.6 is 0 Å². The van der Waals surface area contributed by atoms with Crippen LogP contribution in [0, 0.1) is 5.92 Å². The van der Waals surface area contributed by atoms with Crippen molar-refractivity contribution in [2.75, 3.05) is 0 Å². The van der Waals surface area contributed by atoms with Crippen molar-refractivity contribution in [1.82, 2.24) is 4.98 Å². The second-order valence-electron chi connectivity index (χ2n) is 4.84. The van der Waals surface area contributed by atoms with Crippen LogP contribution in [0.4, 0.5) is 0 Å². The van der Waals surface area contributed by atoms with E-state index in [0.29, 0.717) is 0 Å². The van der Waals surface area contributed by atoms with Crippen molar-refractivity contribution in [2.45, 2.75) is 32.1 Å². The van der Waals surface area contributed by atoms with E-state index in [2.05, 4.69) is 17.1 Å². The molecule has 1 aliphatic carbocycles. The lowest BCUT2D eigenvalue weighted by atomic mass is 10.0. The Morgan fingerprint density at radius 3 is 2.65 bits per heavy atom. The van der Waals surface area contributed by atoms with Gasteiger partial charge in [0, 0.05) is 12.0 Å². The first-order valence-electron chi connectivity index (χ1n) is 6.42. The molecule has 0 N–H and O–H groups in total. The number of nitrogens with zero attached hydrogens (tertiary/aromatic N) is 1. The monoisotopic (exact) mass is 227 g/mol. The molecular weight excluding hydrogens is 210 g/mol. The summed E-state index contributed by atoms with van der Waals surface area (Å²) < 4.78 is 5.82. The second-order valence-corrected chi connectivity index (χ2v) is 4.84. The quantitative estimate of drug-likeness (QED) is 0.789. The number of hydrogen-bond donors (Lipinski definition) is 0. The summed E-state index contributed by atoms with van der Waals surface area (Å²) in [6.07, 6.45) is 8.27. The maximum Gasteiger partial charge on any atom is 0.195 e. The lowest BCUT2D eigenvalue weighted by Crippen LogP contribution is -1.98. The van der Waals surface area contributed by atoms with Crippen molar-refractivity contribution < 1.29 is 4.42 Å². The first-order chi connectivity index (χ1) is 8.42. The Morgan fingerprint density at radius 2 is 1.88 bits per heavy atom. The molecule has 0 atom stereocenters. The first kappa shape index (κ1) is 10.6. The number of oxazole rings is 1. The topological polar surface area (TPSA) is 26.0 Å². The van der Waals surface area contributed by atoms with E-state index in [0.717, 1.165) is 29.6 Å². The normalized spacial score (nSPS) is 16.5. The summed E-state index contributed by atoms with van der Waals surface area (Å²) in [5, 5.41) is 0. The zero-order valence-corrected chi connectivity index (χ0v) is 9.93. The Kier molecular flexibility index (Phi) is 2.95. The molecule has 0 aliphatic heterocycles. The van der Waals surface area contributed by atoms with E-state index < -0.39 is 0 Å². The summed E-state index contributed by atoms with van der Waals surface area (Å²) in [6, 6.07) is 10.2. The predicted octanol–water partition coefficient (Wildman–Crippen LogP) is 4.07. The third-order valence-electron chi connectivity index (χ3n) is 3.55. The molecule has 1 fully saturated rings. The highest BCUT2D eigenvalue weighted by Crippen LogP contribution is 2.29. The van der Waals surface area contributed by atoms with Crippen LogP contribution in [0.15, 0.2) is 40.9 Å². The van der Waals surface area contributed by atoms with E-state index in [1.165, 1.54) is 25.7 Å². The Hall–Kier alpha value is -1.57. The van der Waals surface area contributed by atoms with Crippen LogP contribution in [0.25, 0.3) is 11.3 Å². The summed E-state index contributed by atoms with van der Waals surface area (Å²) in [6.45, 7) is 0. The van der Waals surface area contributed by atoms with E-state index in [9.17, 15) is 0 Å². The van der Waals surface area contributed by atoms with Crippen molar-refractivity contribution in [3.63, 3.8) is 0 Å². The molecule has 0 unspecified atom stereocenters. The average molecular weight is 227 g/mol. The summed E-state index contributed by atoms with van der Waals surface area (Å²) in [5.41, 5.74) is 1.11. The highest BCUT2D eigenvalue weighted by Gasteiger charge is 2.18. The Bertz CT molecular complexity index is 469. The van der Waals surface area contributed by atoms with Crippen LogP contribution in [0.2, 0.25) is 0 Å². The van der Waals surface area contributed by atoms with E-state index in [1.54, 1.807) is 0 Å². The molecule has 0 amide bonds. The van der Waals surface area contributed by atoms with Crippen LogP contribution in [0.1, 0.15) is 31.6 Å². The van der Waals surface area contributed by atoms with Crippen LogP contribution in [-0.2, 0) is 6.42 Å². The van der Waals surface area contributed by atoms with Gasteiger partial charge in [0.25, 0.3) is 0 Å². The molecule has 1 aromatic carbocycles. The minimum absolute atomic E-state index is 0.789. The molecule has 17 heavy (non-hydrogen) atoms. The Balaban J connectivity index is 1.74. The number of benzene rings is 1. The predicted molar refractivity (Wildman–Crippen MR) is 67.6 cm³/mol. The molecule has 2 aromatic rings. The molecular formula is C15H17NO. The van der Waals surface area contributed by atoms with Crippen molar-refractivity contribution in [3.05, 3.63) is 42.4 Å². The maximum atomic E-state index is 5.82. The van der Waals surface area contributed by atoms with Crippen molar-refractivity contribution >= 4 is 0 Å². The maximum absolute atomic E-state index is 5.82. The van der Waals surface area contributed by atoms with Crippen LogP contribution in [0.3, 0.4) is 0 Å². The van der Waals surface area contributed by atoms with E-state index in [4.69, 9.17) is 4.42 Å². The van der Waals surface area contributed by atoms with Gasteiger partial charge in [-0.15, -0.1) is 0 Å². The van der Waals surface area contributed by atoms with Gasteiger partial charge >= 0.3 is 0 Å². The second kappa shape index (κ2) is 4.74. The first-order valence-corrected chi connectivity index (χ1v) is 6.42. The summed E-state index contributed by atoms with van der Waals surface area (Å²) in [5.74, 6) is 2.58. The van der Waals surface area contributed by atoms with E-state index in [-0.39, 0.29) is 0 Å². The third kappa shape index (κ3) is 2.41. The van der Waals surface area contributed by atoms with Gasteiger partial charge in [-0.05, 0) is 18.8 Å². The molecule has 2 nitrogen and oxygen atoms in total. The number of hydrogen-bond acceptors (Lipinski definition) is 2. The smallest absolute Gasteiger partial charge is 0.195 e. The molecule has 0 bridgehead atoms. The zero-order chi connectivity index (χ0) is 11.5. The highest BCUT2D eigenvalue weighted by molar-refractivity contribution is 5.55. The molecule has 88 valence electrons. The van der Waals surface area contributed by atoms with Gasteiger partial charge in [0.1, 0.15) is 0 Å². The molecule has 0 radical (unpaired) electrons. The lowest BCUT2D eigenvalue weighted by molar-refractivity contribution is 0.437. The highest BCUT2D eigenvalue weighted by atomic mass is 16.4. The lowest BCUT2D eigenvalue weighted by Gasteiger charge is -2.03. The van der Waals surface area contributed by atoms with Crippen molar-refractivity contribution in [3.8, 4) is 11.3 Å². The average Bonchev–Trinajstić information content (AvgIpc) is 3.02. The van der Waals surface area contributed by atoms with Crippen molar-refractivity contribution in [1.29, 1.82) is 0 Å². The van der Waals surface area contributed by atoms with Crippen molar-refractivity contribution in [2.24, 2.45) is 5.92 Å². The summed E-state index contributed by atoms with van der Waals surface area (Å²) in [7, 11) is 0. The summed E-state index contributed by atoms with van der Waals surface area (Å²) in [4.78, 5) is 4.39. The fraction of sp³-hybridized carbons (Fsp3) is 0.400. The fourth-order valence-corrected chi connectivity index (χ4v) is 2.60. The van der Waals surface area contributed by atoms with Crippen LogP contribution < -0.4 is 0 Å². The SMILES string of the molecule is c1ccc(-c2cnc(CC3CCCC3)o2)cc1. The minimum atomic E-state index is 0.789. The molecule has 2 heteroatoms. The Morgan fingerprint density at radius 1 is 1.12 bits per heavy atom. The van der Waals surface area contributed by atoms with Gasteiger partial charge in [-0.2, -0.15) is 0 Å². The van der Waals surface area contributed by atoms with Gasteiger partial charge in [-0.3, -0.25) is 0 Å². The third-order valence-corrected chi connectivity index (χ3v) is 3.55. The standard InChI is InChI=1S/C15H17NO/c1-2-8-13(9-3-1)14-11-16-15(17-14)10-12-6-4-5-7-12/h1-3,8-9,11-12H,4-7,10H2. The molecule has 0 spiro atoms. The molecule has 1 aliphatic rings. The number of rotatable bonds is 3. The van der Waals surface area contributed by atoms with E-state index >= 15 is 0 Å². The van der Waals surface area contributed by atoms with Crippen LogP contribution in [0.5, 0.6) is 0 Å². The molecule has 0 saturated heterocycles. The van der Waals surface area contributed by atoms with Crippen LogP contribution in [-0.4, -0.2) is 4.98 Å². The number of aromatic nitrogens is 1. The van der Waals surface area contributed by atoms with Gasteiger partial charge in [0.15, 0.2) is 11.7 Å². The van der Waals surface area contributed by atoms with Gasteiger partial charge in [0.05, 0.1) is 6.20 Å². The zero-order valence-electron chi connectivity index (χ0n) is 9.93. The fourth-order valence-electron chi connectivity index (χ4n) is 2.60. The molecule has 1 saturated carbocycles. The molecule has 1 heterocycles. The summed E-state index contributed by atoms with van der Waals surface area (Å²) >= 11 is 0.